The van der Waals surface area contributed by atoms with Crippen molar-refractivity contribution in [3.05, 3.63) is 54.0 Å². The van der Waals surface area contributed by atoms with Crippen LogP contribution in [0.4, 0.5) is 4.39 Å². The molecular weight excluding hydrogens is 201 g/mol. The Morgan fingerprint density at radius 3 is 2.38 bits per heavy atom. The van der Waals surface area contributed by atoms with E-state index in [1.165, 1.54) is 17.7 Å². The SMILES string of the molecule is CC(C)c1cccnc1-c1ccc(F)cc1. The molecule has 0 atom stereocenters. The zero-order chi connectivity index (χ0) is 11.5. The maximum Gasteiger partial charge on any atom is 0.123 e. The molecule has 0 spiro atoms. The molecule has 0 bridgehead atoms. The van der Waals surface area contributed by atoms with Crippen molar-refractivity contribution in [1.82, 2.24) is 4.98 Å². The fourth-order valence-electron chi connectivity index (χ4n) is 1.73. The van der Waals surface area contributed by atoms with Crippen LogP contribution in [-0.2, 0) is 0 Å². The van der Waals surface area contributed by atoms with Gasteiger partial charge in [-0.25, -0.2) is 4.39 Å². The van der Waals surface area contributed by atoms with Crippen molar-refractivity contribution in [1.29, 1.82) is 0 Å². The zero-order valence-electron chi connectivity index (χ0n) is 9.44. The van der Waals surface area contributed by atoms with Gasteiger partial charge in [-0.3, -0.25) is 4.98 Å². The van der Waals surface area contributed by atoms with E-state index in [-0.39, 0.29) is 5.82 Å². The molecule has 16 heavy (non-hydrogen) atoms. The first-order chi connectivity index (χ1) is 7.68. The molecule has 0 amide bonds. The van der Waals surface area contributed by atoms with Gasteiger partial charge in [-0.1, -0.05) is 19.9 Å². The molecule has 0 aliphatic heterocycles. The van der Waals surface area contributed by atoms with E-state index in [0.717, 1.165) is 11.3 Å². The molecule has 2 heteroatoms. The number of benzene rings is 1. The molecule has 1 nitrogen and oxygen atoms in total. The third-order valence-electron chi connectivity index (χ3n) is 2.58. The van der Waals surface area contributed by atoms with Gasteiger partial charge in [-0.05, 0) is 41.8 Å². The minimum atomic E-state index is -0.217. The molecule has 2 rings (SSSR count). The number of halogens is 1. The quantitative estimate of drug-likeness (QED) is 0.737. The highest BCUT2D eigenvalue weighted by atomic mass is 19.1. The molecule has 0 radical (unpaired) electrons. The van der Waals surface area contributed by atoms with Crippen LogP contribution in [0.2, 0.25) is 0 Å². The summed E-state index contributed by atoms with van der Waals surface area (Å²) in [5.74, 6) is 0.194. The van der Waals surface area contributed by atoms with Crippen molar-refractivity contribution in [3.8, 4) is 11.3 Å². The molecule has 82 valence electrons. The molecule has 1 heterocycles. The second kappa shape index (κ2) is 4.44. The maximum absolute atomic E-state index is 12.8. The van der Waals surface area contributed by atoms with E-state index in [1.807, 2.05) is 6.07 Å². The van der Waals surface area contributed by atoms with Gasteiger partial charge in [-0.2, -0.15) is 0 Å². The van der Waals surface area contributed by atoms with Crippen LogP contribution in [0.3, 0.4) is 0 Å². The van der Waals surface area contributed by atoms with Gasteiger partial charge in [0.15, 0.2) is 0 Å². The van der Waals surface area contributed by atoms with Crippen molar-refractivity contribution >= 4 is 0 Å². The van der Waals surface area contributed by atoms with Crippen LogP contribution in [0.25, 0.3) is 11.3 Å². The summed E-state index contributed by atoms with van der Waals surface area (Å²) in [6.07, 6.45) is 1.77. The number of rotatable bonds is 2. The molecule has 0 aliphatic carbocycles. The number of pyridine rings is 1. The van der Waals surface area contributed by atoms with E-state index in [1.54, 1.807) is 18.3 Å². The second-order valence-electron chi connectivity index (χ2n) is 4.10. The Kier molecular flexibility index (Phi) is 3.00. The Morgan fingerprint density at radius 1 is 1.06 bits per heavy atom. The van der Waals surface area contributed by atoms with E-state index < -0.39 is 0 Å². The zero-order valence-corrected chi connectivity index (χ0v) is 9.44. The first-order valence-corrected chi connectivity index (χ1v) is 5.39. The van der Waals surface area contributed by atoms with Crippen LogP contribution in [0.15, 0.2) is 42.6 Å². The van der Waals surface area contributed by atoms with Gasteiger partial charge >= 0.3 is 0 Å². The van der Waals surface area contributed by atoms with Crippen molar-refractivity contribution in [2.24, 2.45) is 0 Å². The lowest BCUT2D eigenvalue weighted by atomic mass is 9.97. The Bertz CT molecular complexity index is 474. The van der Waals surface area contributed by atoms with E-state index in [0.29, 0.717) is 5.92 Å². The Morgan fingerprint density at radius 2 is 1.75 bits per heavy atom. The van der Waals surface area contributed by atoms with E-state index in [2.05, 4.69) is 24.9 Å². The van der Waals surface area contributed by atoms with Crippen molar-refractivity contribution in [2.75, 3.05) is 0 Å². The van der Waals surface area contributed by atoms with Crippen LogP contribution >= 0.6 is 0 Å². The lowest BCUT2D eigenvalue weighted by Gasteiger charge is -2.11. The Labute approximate surface area is 95.0 Å². The predicted octanol–water partition coefficient (Wildman–Crippen LogP) is 4.01. The fraction of sp³-hybridized carbons (Fsp3) is 0.214. The second-order valence-corrected chi connectivity index (χ2v) is 4.10. The molecule has 1 aromatic carbocycles. The van der Waals surface area contributed by atoms with Gasteiger partial charge in [0.05, 0.1) is 5.69 Å². The minimum Gasteiger partial charge on any atom is -0.256 e. The van der Waals surface area contributed by atoms with Crippen molar-refractivity contribution < 1.29 is 4.39 Å². The molecule has 0 saturated heterocycles. The Hall–Kier alpha value is -1.70. The maximum atomic E-state index is 12.8. The molecule has 0 fully saturated rings. The first-order valence-electron chi connectivity index (χ1n) is 5.39. The number of aromatic nitrogens is 1. The van der Waals surface area contributed by atoms with E-state index in [9.17, 15) is 4.39 Å². The smallest absolute Gasteiger partial charge is 0.123 e. The number of hydrogen-bond donors (Lipinski definition) is 0. The van der Waals surface area contributed by atoms with Gasteiger partial charge < -0.3 is 0 Å². The van der Waals surface area contributed by atoms with E-state index in [4.69, 9.17) is 0 Å². The monoisotopic (exact) mass is 215 g/mol. The highest BCUT2D eigenvalue weighted by Crippen LogP contribution is 2.26. The van der Waals surface area contributed by atoms with Crippen molar-refractivity contribution in [2.45, 2.75) is 19.8 Å². The average Bonchev–Trinajstić information content (AvgIpc) is 2.30. The van der Waals surface area contributed by atoms with Gasteiger partial charge in [0.1, 0.15) is 5.82 Å². The molecule has 0 saturated carbocycles. The highest BCUT2D eigenvalue weighted by Gasteiger charge is 2.08. The topological polar surface area (TPSA) is 12.9 Å². The standard InChI is InChI=1S/C14H14FN/c1-10(2)13-4-3-9-16-14(13)11-5-7-12(15)8-6-11/h3-10H,1-2H3. The molecular formula is C14H14FN. The van der Waals surface area contributed by atoms with Gasteiger partial charge in [0, 0.05) is 11.8 Å². The van der Waals surface area contributed by atoms with Gasteiger partial charge in [0.2, 0.25) is 0 Å². The summed E-state index contributed by atoms with van der Waals surface area (Å²) >= 11 is 0. The van der Waals surface area contributed by atoms with Crippen LogP contribution in [-0.4, -0.2) is 4.98 Å². The summed E-state index contributed by atoms with van der Waals surface area (Å²) in [4.78, 5) is 4.38. The highest BCUT2D eigenvalue weighted by molar-refractivity contribution is 5.63. The number of nitrogens with zero attached hydrogens (tertiary/aromatic N) is 1. The van der Waals surface area contributed by atoms with Crippen LogP contribution in [0, 0.1) is 5.82 Å². The van der Waals surface area contributed by atoms with Gasteiger partial charge in [0.25, 0.3) is 0 Å². The lowest BCUT2D eigenvalue weighted by molar-refractivity contribution is 0.628. The Balaban J connectivity index is 2.51. The summed E-state index contributed by atoms with van der Waals surface area (Å²) in [7, 11) is 0. The minimum absolute atomic E-state index is 0.217. The van der Waals surface area contributed by atoms with Crippen LogP contribution < -0.4 is 0 Å². The third-order valence-corrected chi connectivity index (χ3v) is 2.58. The summed E-state index contributed by atoms with van der Waals surface area (Å²) in [6.45, 7) is 4.26. The molecule has 0 aliphatic rings. The lowest BCUT2D eigenvalue weighted by Crippen LogP contribution is -1.94. The van der Waals surface area contributed by atoms with E-state index >= 15 is 0 Å². The normalized spacial score (nSPS) is 10.8. The van der Waals surface area contributed by atoms with Crippen LogP contribution in [0.1, 0.15) is 25.3 Å². The largest absolute Gasteiger partial charge is 0.256 e. The third kappa shape index (κ3) is 2.11. The predicted molar refractivity (Wildman–Crippen MR) is 63.7 cm³/mol. The van der Waals surface area contributed by atoms with Crippen LogP contribution in [0.5, 0.6) is 0 Å². The molecule has 0 N–H and O–H groups in total. The molecule has 2 aromatic rings. The summed E-state index contributed by atoms with van der Waals surface area (Å²) in [5.41, 5.74) is 3.09. The molecule has 0 unspecified atom stereocenters. The summed E-state index contributed by atoms with van der Waals surface area (Å²) in [6, 6.07) is 10.5. The summed E-state index contributed by atoms with van der Waals surface area (Å²) < 4.78 is 12.8. The first kappa shape index (κ1) is 10.8. The average molecular weight is 215 g/mol. The van der Waals surface area contributed by atoms with Gasteiger partial charge in [-0.15, -0.1) is 0 Å². The molecule has 1 aromatic heterocycles. The number of hydrogen-bond acceptors (Lipinski definition) is 1. The van der Waals surface area contributed by atoms with Crippen molar-refractivity contribution in [3.63, 3.8) is 0 Å². The summed E-state index contributed by atoms with van der Waals surface area (Å²) in [5, 5.41) is 0. The fourth-order valence-corrected chi connectivity index (χ4v) is 1.73.